The number of halogens is 5. The normalized spacial score (nSPS) is 17.3. The third-order valence-corrected chi connectivity index (χ3v) is 14.5. The van der Waals surface area contributed by atoms with Gasteiger partial charge in [-0.25, -0.2) is 12.8 Å². The van der Waals surface area contributed by atoms with Crippen LogP contribution in [0.1, 0.15) is 24.5 Å². The molecule has 0 N–H and O–H groups in total. The molecule has 2 atom stereocenters. The summed E-state index contributed by atoms with van der Waals surface area (Å²) < 4.78 is 105. The molecule has 0 spiro atoms. The maximum Gasteiger partial charge on any atom is 0.401 e. The number of esters is 1. The highest BCUT2D eigenvalue weighted by Crippen LogP contribution is 2.77. The first-order valence-electron chi connectivity index (χ1n) is 16.3. The number of fused-ring (bicyclic) bond motifs is 3. The summed E-state index contributed by atoms with van der Waals surface area (Å²) in [7, 11) is -7.92. The Morgan fingerprint density at radius 3 is 2.02 bits per heavy atom. The van der Waals surface area contributed by atoms with E-state index in [1.807, 2.05) is 12.1 Å². The fraction of sp³-hybridized carbons (Fsp3) is 0.289. The number of alkyl halides is 5. The molecule has 5 rings (SSSR count). The number of hydrogen-bond acceptors (Lipinski definition) is 8. The second kappa shape index (κ2) is 17.4. The van der Waals surface area contributed by atoms with Crippen LogP contribution in [-0.2, 0) is 38.5 Å². The standard InChI is InChI=1S/C38H37F3I2O8S2/c1-26(2)36(44)48-22-19-35(39)38(40,41)53(45,46)51-52(30-9-5-4-6-10-30)33-12-8-7-11-31(33)32-25-28(15-18-34(32)52)37(49-23-20-42,50-24-21-43)27-13-16-29(47-3)17-14-27/h4-18,25,35H,1,19-24H2,2-3H3. The lowest BCUT2D eigenvalue weighted by molar-refractivity contribution is -0.211. The van der Waals surface area contributed by atoms with Gasteiger partial charge >= 0.3 is 21.3 Å². The highest BCUT2D eigenvalue weighted by Gasteiger charge is 2.58. The Hall–Kier alpha value is -2.68. The summed E-state index contributed by atoms with van der Waals surface area (Å²) in [5.74, 6) is -1.71. The summed E-state index contributed by atoms with van der Waals surface area (Å²) in [6.45, 7) is 4.56. The third-order valence-electron chi connectivity index (χ3n) is 8.31. The van der Waals surface area contributed by atoms with Gasteiger partial charge in [-0.15, -0.1) is 0 Å². The number of carbonyl (C=O) groups excluding carboxylic acids is 1. The summed E-state index contributed by atoms with van der Waals surface area (Å²) in [5, 5.41) is -5.01. The summed E-state index contributed by atoms with van der Waals surface area (Å²) in [6.07, 6.45) is -4.35. The Morgan fingerprint density at radius 2 is 1.42 bits per heavy atom. The van der Waals surface area contributed by atoms with Crippen LogP contribution in [0.15, 0.2) is 124 Å². The molecule has 4 aromatic rings. The van der Waals surface area contributed by atoms with Gasteiger partial charge in [0.2, 0.25) is 5.79 Å². The van der Waals surface area contributed by atoms with Gasteiger partial charge in [-0.2, -0.15) is 17.2 Å². The van der Waals surface area contributed by atoms with E-state index < -0.39 is 56.6 Å². The van der Waals surface area contributed by atoms with Gasteiger partial charge in [-0.1, -0.05) is 94.2 Å². The van der Waals surface area contributed by atoms with E-state index in [0.29, 0.717) is 64.8 Å². The maximum absolute atomic E-state index is 15.8. The topological polar surface area (TPSA) is 97.4 Å². The number of carbonyl (C=O) groups is 1. The average Bonchev–Trinajstić information content (AvgIpc) is 3.44. The molecular weight excluding hydrogens is 959 g/mol. The second-order valence-electron chi connectivity index (χ2n) is 11.8. The molecule has 0 fully saturated rings. The number of methoxy groups -OCH3 is 1. The number of benzene rings is 4. The summed E-state index contributed by atoms with van der Waals surface area (Å²) in [4.78, 5) is 12.7. The van der Waals surface area contributed by atoms with Crippen LogP contribution in [0.5, 0.6) is 5.75 Å². The van der Waals surface area contributed by atoms with Crippen molar-refractivity contribution in [3.05, 3.63) is 120 Å². The smallest absolute Gasteiger partial charge is 0.401 e. The van der Waals surface area contributed by atoms with Gasteiger partial charge in [-0.3, -0.25) is 0 Å². The molecule has 0 saturated carbocycles. The predicted molar refractivity (Wildman–Crippen MR) is 214 cm³/mol. The number of ether oxygens (including phenoxy) is 4. The van der Waals surface area contributed by atoms with Crippen LogP contribution in [0.25, 0.3) is 11.1 Å². The summed E-state index contributed by atoms with van der Waals surface area (Å²) in [6, 6.07) is 27.4. The molecule has 0 radical (unpaired) electrons. The van der Waals surface area contributed by atoms with E-state index in [1.165, 1.54) is 6.92 Å². The molecule has 284 valence electrons. The average molecular weight is 997 g/mol. The first-order valence-corrected chi connectivity index (χ1v) is 22.3. The Kier molecular flexibility index (Phi) is 13.6. The molecule has 0 bridgehead atoms. The molecular formula is C38H37F3I2O8S2. The highest BCUT2D eigenvalue weighted by molar-refractivity contribution is 14.1. The van der Waals surface area contributed by atoms with Crippen molar-refractivity contribution in [2.75, 3.05) is 35.8 Å². The van der Waals surface area contributed by atoms with Crippen molar-refractivity contribution < 1.29 is 49.0 Å². The van der Waals surface area contributed by atoms with Crippen molar-refractivity contribution in [3.63, 3.8) is 0 Å². The van der Waals surface area contributed by atoms with E-state index >= 15 is 13.2 Å². The van der Waals surface area contributed by atoms with Gasteiger partial charge in [0.25, 0.3) is 0 Å². The minimum atomic E-state index is -6.01. The van der Waals surface area contributed by atoms with Crippen LogP contribution in [-0.4, -0.2) is 61.6 Å². The van der Waals surface area contributed by atoms with Crippen LogP contribution in [0.4, 0.5) is 13.2 Å². The predicted octanol–water partition coefficient (Wildman–Crippen LogP) is 9.76. The van der Waals surface area contributed by atoms with Crippen molar-refractivity contribution >= 4 is 71.6 Å². The highest BCUT2D eigenvalue weighted by atomic mass is 127. The van der Waals surface area contributed by atoms with Crippen molar-refractivity contribution in [1.29, 1.82) is 0 Å². The Bertz CT molecular complexity index is 2030. The van der Waals surface area contributed by atoms with E-state index in [1.54, 1.807) is 92.0 Å². The van der Waals surface area contributed by atoms with E-state index in [0.717, 1.165) is 0 Å². The minimum absolute atomic E-state index is 0.0207. The van der Waals surface area contributed by atoms with Crippen LogP contribution < -0.4 is 4.74 Å². The Balaban J connectivity index is 1.69. The summed E-state index contributed by atoms with van der Waals surface area (Å²) >= 11 is 4.41. The Morgan fingerprint density at radius 1 is 0.830 bits per heavy atom. The van der Waals surface area contributed by atoms with Crippen molar-refractivity contribution in [2.45, 2.75) is 45.2 Å². The van der Waals surface area contributed by atoms with Crippen molar-refractivity contribution in [1.82, 2.24) is 0 Å². The first-order chi connectivity index (χ1) is 25.3. The van der Waals surface area contributed by atoms with Crippen molar-refractivity contribution in [2.24, 2.45) is 0 Å². The molecule has 4 aromatic carbocycles. The molecule has 0 aliphatic carbocycles. The molecule has 2 unspecified atom stereocenters. The van der Waals surface area contributed by atoms with E-state index in [9.17, 15) is 13.2 Å². The van der Waals surface area contributed by atoms with Crippen molar-refractivity contribution in [3.8, 4) is 16.9 Å². The lowest BCUT2D eigenvalue weighted by atomic mass is 9.93. The molecule has 53 heavy (non-hydrogen) atoms. The zero-order valence-corrected chi connectivity index (χ0v) is 34.7. The van der Waals surface area contributed by atoms with Gasteiger partial charge in [0.05, 0.1) is 26.9 Å². The lowest BCUT2D eigenvalue weighted by Crippen LogP contribution is -2.41. The minimum Gasteiger partial charge on any atom is -0.497 e. The molecule has 0 aromatic heterocycles. The van der Waals surface area contributed by atoms with E-state index in [-0.39, 0.29) is 5.57 Å². The fourth-order valence-corrected chi connectivity index (χ4v) is 11.8. The fourth-order valence-electron chi connectivity index (χ4n) is 5.83. The van der Waals surface area contributed by atoms with Gasteiger partial charge < -0.3 is 18.9 Å². The molecule has 15 heteroatoms. The number of rotatable bonds is 18. The first kappa shape index (κ1) is 41.5. The molecule has 0 amide bonds. The maximum atomic E-state index is 15.8. The quantitative estimate of drug-likeness (QED) is 0.0320. The van der Waals surface area contributed by atoms with E-state index in [2.05, 4.69) is 51.8 Å². The molecule has 8 nitrogen and oxygen atoms in total. The summed E-state index contributed by atoms with van der Waals surface area (Å²) in [5.41, 5.74) is 2.26. The molecule has 1 heterocycles. The Labute approximate surface area is 336 Å². The second-order valence-corrected chi connectivity index (χ2v) is 18.4. The zero-order chi connectivity index (χ0) is 38.4. The van der Waals surface area contributed by atoms with Gasteiger partial charge in [0, 0.05) is 46.7 Å². The van der Waals surface area contributed by atoms with Gasteiger partial charge in [0.1, 0.15) is 5.75 Å². The molecule has 1 aliphatic rings. The number of hydrogen-bond donors (Lipinski definition) is 0. The van der Waals surface area contributed by atoms with Crippen LogP contribution in [0.2, 0.25) is 0 Å². The SMILES string of the molecule is C=C(C)C(=O)OCCC(F)C(F)(F)S(=O)(=O)OS1(c2ccccc2)c2ccccc2-c2cc(C(OCCI)(OCCI)c3ccc(OC)cc3)ccc21. The lowest BCUT2D eigenvalue weighted by Gasteiger charge is -2.38. The monoisotopic (exact) mass is 996 g/mol. The zero-order valence-electron chi connectivity index (χ0n) is 28.7. The molecule has 0 saturated heterocycles. The van der Waals surface area contributed by atoms with E-state index in [4.69, 9.17) is 22.6 Å². The van der Waals surface area contributed by atoms with Gasteiger partial charge in [0.15, 0.2) is 6.17 Å². The van der Waals surface area contributed by atoms with Crippen LogP contribution in [0, 0.1) is 0 Å². The molecule has 1 aliphatic heterocycles. The third kappa shape index (κ3) is 8.16. The van der Waals surface area contributed by atoms with Gasteiger partial charge in [-0.05, 0) is 83.0 Å². The van der Waals surface area contributed by atoms with Crippen LogP contribution in [0.3, 0.4) is 0 Å². The largest absolute Gasteiger partial charge is 0.497 e. The van der Waals surface area contributed by atoms with Crippen LogP contribution >= 0.6 is 55.5 Å².